The molecule has 0 spiro atoms. The molecule has 0 aliphatic carbocycles. The van der Waals surface area contributed by atoms with E-state index in [1.165, 1.54) is 0 Å². The molecule has 1 aromatic carbocycles. The van der Waals surface area contributed by atoms with Gasteiger partial charge < -0.3 is 9.53 Å². The van der Waals surface area contributed by atoms with Crippen LogP contribution in [0.25, 0.3) is 0 Å². The highest BCUT2D eigenvalue weighted by molar-refractivity contribution is 5.92. The van der Waals surface area contributed by atoms with E-state index in [0.29, 0.717) is 12.0 Å². The van der Waals surface area contributed by atoms with Crippen molar-refractivity contribution in [2.75, 3.05) is 0 Å². The van der Waals surface area contributed by atoms with Gasteiger partial charge in [-0.25, -0.2) is 4.79 Å². The quantitative estimate of drug-likeness (QED) is 0.543. The fourth-order valence-corrected chi connectivity index (χ4v) is 1.80. The second kappa shape index (κ2) is 3.85. The molecule has 0 radical (unpaired) electrons. The van der Waals surface area contributed by atoms with Gasteiger partial charge in [0.2, 0.25) is 0 Å². The normalized spacial score (nSPS) is 19.3. The first-order chi connectivity index (χ1) is 7.20. The Kier molecular flexibility index (Phi) is 2.54. The van der Waals surface area contributed by atoms with Crippen LogP contribution in [0.15, 0.2) is 18.2 Å². The van der Waals surface area contributed by atoms with Crippen LogP contribution < -0.4 is 0 Å². The van der Waals surface area contributed by atoms with Crippen LogP contribution in [0.3, 0.4) is 0 Å². The van der Waals surface area contributed by atoms with E-state index in [1.54, 1.807) is 0 Å². The highest BCUT2D eigenvalue weighted by atomic mass is 16.5. The Labute approximate surface area is 88.1 Å². The lowest BCUT2D eigenvalue weighted by Crippen LogP contribution is -2.28. The van der Waals surface area contributed by atoms with Gasteiger partial charge >= 0.3 is 5.97 Å². The Morgan fingerprint density at radius 1 is 1.53 bits per heavy atom. The van der Waals surface area contributed by atoms with Gasteiger partial charge in [-0.2, -0.15) is 0 Å². The maximum absolute atomic E-state index is 11.6. The first-order valence-corrected chi connectivity index (χ1v) is 4.95. The van der Waals surface area contributed by atoms with Crippen molar-refractivity contribution in [1.82, 2.24) is 0 Å². The first kappa shape index (κ1) is 9.90. The zero-order chi connectivity index (χ0) is 10.8. The fraction of sp³-hybridized carbons (Fsp3) is 0.333. The standard InChI is InChI=1S/C12H12O3/c1-8-2-3-9-7-10(4-5-13)15-12(14)11(9)6-8/h2-3,5-6,10H,4,7H2,1H3. The van der Waals surface area contributed by atoms with Crippen molar-refractivity contribution in [1.29, 1.82) is 0 Å². The van der Waals surface area contributed by atoms with Gasteiger partial charge in [-0.1, -0.05) is 17.7 Å². The summed E-state index contributed by atoms with van der Waals surface area (Å²) >= 11 is 0. The van der Waals surface area contributed by atoms with Gasteiger partial charge in [-0.05, 0) is 18.6 Å². The molecular weight excluding hydrogens is 192 g/mol. The summed E-state index contributed by atoms with van der Waals surface area (Å²) in [6.07, 6.45) is 1.42. The fourth-order valence-electron chi connectivity index (χ4n) is 1.80. The second-order valence-corrected chi connectivity index (χ2v) is 3.79. The SMILES string of the molecule is Cc1ccc2c(c1)C(=O)OC(CC=O)C2. The minimum Gasteiger partial charge on any atom is -0.458 e. The van der Waals surface area contributed by atoms with Gasteiger partial charge in [0.05, 0.1) is 5.56 Å². The third-order valence-corrected chi connectivity index (χ3v) is 2.57. The molecule has 0 bridgehead atoms. The van der Waals surface area contributed by atoms with E-state index in [0.717, 1.165) is 17.4 Å². The number of aryl methyl sites for hydroxylation is 1. The minimum atomic E-state index is -0.313. The Morgan fingerprint density at radius 3 is 3.07 bits per heavy atom. The molecule has 3 nitrogen and oxygen atoms in total. The van der Waals surface area contributed by atoms with Crippen molar-refractivity contribution in [3.8, 4) is 0 Å². The summed E-state index contributed by atoms with van der Waals surface area (Å²) in [6, 6.07) is 5.73. The molecule has 1 heterocycles. The number of rotatable bonds is 2. The Balaban J connectivity index is 2.32. The van der Waals surface area contributed by atoms with Crippen LogP contribution in [-0.2, 0) is 16.0 Å². The van der Waals surface area contributed by atoms with Gasteiger partial charge in [0.25, 0.3) is 0 Å². The summed E-state index contributed by atoms with van der Waals surface area (Å²) < 4.78 is 5.14. The molecule has 0 saturated carbocycles. The number of esters is 1. The number of benzene rings is 1. The molecular formula is C12H12O3. The smallest absolute Gasteiger partial charge is 0.338 e. The first-order valence-electron chi connectivity index (χ1n) is 4.95. The van der Waals surface area contributed by atoms with E-state index in [9.17, 15) is 9.59 Å². The average molecular weight is 204 g/mol. The topological polar surface area (TPSA) is 43.4 Å². The Hall–Kier alpha value is -1.64. The molecule has 0 fully saturated rings. The molecule has 0 saturated heterocycles. The molecule has 1 aliphatic heterocycles. The van der Waals surface area contributed by atoms with Gasteiger partial charge in [0.15, 0.2) is 0 Å². The molecule has 1 aliphatic rings. The lowest BCUT2D eigenvalue weighted by molar-refractivity contribution is -0.109. The molecule has 1 aromatic rings. The number of hydrogen-bond acceptors (Lipinski definition) is 3. The van der Waals surface area contributed by atoms with Crippen molar-refractivity contribution in [2.45, 2.75) is 25.9 Å². The summed E-state index contributed by atoms with van der Waals surface area (Å²) in [4.78, 5) is 21.9. The van der Waals surface area contributed by atoms with Crippen molar-refractivity contribution in [2.24, 2.45) is 0 Å². The van der Waals surface area contributed by atoms with E-state index in [4.69, 9.17) is 4.74 Å². The Morgan fingerprint density at radius 2 is 2.33 bits per heavy atom. The van der Waals surface area contributed by atoms with Crippen LogP contribution in [0, 0.1) is 6.92 Å². The molecule has 3 heteroatoms. The molecule has 1 atom stereocenters. The average Bonchev–Trinajstić information content (AvgIpc) is 2.20. The number of fused-ring (bicyclic) bond motifs is 1. The molecule has 0 aromatic heterocycles. The summed E-state index contributed by atoms with van der Waals surface area (Å²) in [5, 5.41) is 0. The van der Waals surface area contributed by atoms with Crippen molar-refractivity contribution in [3.63, 3.8) is 0 Å². The van der Waals surface area contributed by atoms with Gasteiger partial charge in [0, 0.05) is 12.8 Å². The highest BCUT2D eigenvalue weighted by Gasteiger charge is 2.25. The van der Waals surface area contributed by atoms with Crippen molar-refractivity contribution < 1.29 is 14.3 Å². The largest absolute Gasteiger partial charge is 0.458 e. The van der Waals surface area contributed by atoms with Crippen LogP contribution in [0.4, 0.5) is 0 Å². The number of cyclic esters (lactones) is 1. The van der Waals surface area contributed by atoms with E-state index in [1.807, 2.05) is 25.1 Å². The molecule has 0 N–H and O–H groups in total. The Bertz CT molecular complexity index is 409. The lowest BCUT2D eigenvalue weighted by Gasteiger charge is -2.23. The summed E-state index contributed by atoms with van der Waals surface area (Å²) in [5.74, 6) is -0.313. The van der Waals surface area contributed by atoms with Crippen molar-refractivity contribution >= 4 is 12.3 Å². The summed E-state index contributed by atoms with van der Waals surface area (Å²) in [5.41, 5.74) is 2.65. The number of hydrogen-bond donors (Lipinski definition) is 0. The summed E-state index contributed by atoms with van der Waals surface area (Å²) in [6.45, 7) is 1.94. The molecule has 1 unspecified atom stereocenters. The van der Waals surface area contributed by atoms with Gasteiger partial charge in [-0.3, -0.25) is 0 Å². The van der Waals surface area contributed by atoms with Crippen LogP contribution in [-0.4, -0.2) is 18.4 Å². The van der Waals surface area contributed by atoms with Crippen LogP contribution in [0.1, 0.15) is 27.9 Å². The van der Waals surface area contributed by atoms with E-state index in [-0.39, 0.29) is 18.5 Å². The third-order valence-electron chi connectivity index (χ3n) is 2.57. The molecule has 0 amide bonds. The number of aldehydes is 1. The van der Waals surface area contributed by atoms with Crippen LogP contribution in [0.2, 0.25) is 0 Å². The van der Waals surface area contributed by atoms with E-state index < -0.39 is 0 Å². The predicted octanol–water partition coefficient (Wildman–Crippen LogP) is 1.67. The van der Waals surface area contributed by atoms with Crippen LogP contribution >= 0.6 is 0 Å². The number of carbonyl (C=O) groups is 2. The lowest BCUT2D eigenvalue weighted by atomic mass is 9.96. The molecule has 2 rings (SSSR count). The highest BCUT2D eigenvalue weighted by Crippen LogP contribution is 2.22. The zero-order valence-electron chi connectivity index (χ0n) is 8.53. The monoisotopic (exact) mass is 204 g/mol. The maximum Gasteiger partial charge on any atom is 0.338 e. The maximum atomic E-state index is 11.6. The number of ether oxygens (including phenoxy) is 1. The zero-order valence-corrected chi connectivity index (χ0v) is 8.53. The summed E-state index contributed by atoms with van der Waals surface area (Å²) in [7, 11) is 0. The van der Waals surface area contributed by atoms with E-state index >= 15 is 0 Å². The number of carbonyl (C=O) groups excluding carboxylic acids is 2. The van der Waals surface area contributed by atoms with Crippen LogP contribution in [0.5, 0.6) is 0 Å². The van der Waals surface area contributed by atoms with Gasteiger partial charge in [-0.15, -0.1) is 0 Å². The predicted molar refractivity (Wildman–Crippen MR) is 54.8 cm³/mol. The molecule has 78 valence electrons. The van der Waals surface area contributed by atoms with E-state index in [2.05, 4.69) is 0 Å². The minimum absolute atomic E-state index is 0.277. The second-order valence-electron chi connectivity index (χ2n) is 3.79. The van der Waals surface area contributed by atoms with Crippen molar-refractivity contribution in [3.05, 3.63) is 34.9 Å². The van der Waals surface area contributed by atoms with Gasteiger partial charge in [0.1, 0.15) is 12.4 Å². The third kappa shape index (κ3) is 1.91. The molecule has 15 heavy (non-hydrogen) atoms.